The number of nitrogens with zero attached hydrogens (tertiary/aromatic N) is 3. The number of H-pyrrole nitrogens is 1. The molecule has 0 saturated carbocycles. The van der Waals surface area contributed by atoms with Gasteiger partial charge in [0.25, 0.3) is 0 Å². The van der Waals surface area contributed by atoms with Crippen molar-refractivity contribution in [3.8, 4) is 0 Å². The van der Waals surface area contributed by atoms with Crippen molar-refractivity contribution in [2.24, 2.45) is 0 Å². The van der Waals surface area contributed by atoms with Gasteiger partial charge in [-0.25, -0.2) is 9.78 Å². The summed E-state index contributed by atoms with van der Waals surface area (Å²) in [4.78, 5) is 17.6. The lowest BCUT2D eigenvalue weighted by atomic mass is 10.3. The lowest BCUT2D eigenvalue weighted by molar-refractivity contribution is -0.131. The van der Waals surface area contributed by atoms with Gasteiger partial charge in [0.05, 0.1) is 4.47 Å². The van der Waals surface area contributed by atoms with Crippen molar-refractivity contribution in [1.29, 1.82) is 0 Å². The third-order valence-electron chi connectivity index (χ3n) is 2.78. The second-order valence-corrected chi connectivity index (χ2v) is 6.79. The number of aliphatic carboxylic acids is 1. The maximum Gasteiger partial charge on any atom is 0.342 e. The number of hydrogen-bond acceptors (Lipinski definition) is 6. The molecule has 0 fully saturated rings. The number of carboxylic acids is 1. The number of aryl methyl sites for hydroxylation is 1. The Morgan fingerprint density at radius 3 is 2.87 bits per heavy atom. The minimum absolute atomic E-state index is 0.0820. The first-order chi connectivity index (χ1) is 10.9. The number of hydrogen-bond donors (Lipinski definition) is 2. The Kier molecular flexibility index (Phi) is 5.89. The van der Waals surface area contributed by atoms with Crippen LogP contribution in [0.2, 0.25) is 0 Å². The topological polar surface area (TPSA) is 95.2 Å². The Morgan fingerprint density at radius 2 is 2.30 bits per heavy atom. The van der Waals surface area contributed by atoms with Crippen LogP contribution in [-0.2, 0) is 11.2 Å². The highest BCUT2D eigenvalue weighted by atomic mass is 79.9. The van der Waals surface area contributed by atoms with Gasteiger partial charge < -0.3 is 14.4 Å². The van der Waals surface area contributed by atoms with E-state index in [2.05, 4.69) is 31.1 Å². The summed E-state index contributed by atoms with van der Waals surface area (Å²) in [6.07, 6.45) is 3.17. The minimum atomic E-state index is -1.06. The molecule has 0 aliphatic rings. The number of halogens is 1. The molecule has 2 rings (SSSR count). The maximum absolute atomic E-state index is 11.4. The van der Waals surface area contributed by atoms with E-state index in [0.29, 0.717) is 16.8 Å². The fraction of sp³-hybridized carbons (Fsp3) is 0.357. The number of anilines is 1. The molecule has 0 aliphatic heterocycles. The van der Waals surface area contributed by atoms with Gasteiger partial charge in [0.2, 0.25) is 11.0 Å². The monoisotopic (exact) mass is 400 g/mol. The third-order valence-corrected chi connectivity index (χ3v) is 4.22. The Hall–Kier alpha value is -1.74. The summed E-state index contributed by atoms with van der Waals surface area (Å²) in [6.45, 7) is 2.04. The van der Waals surface area contributed by atoms with Gasteiger partial charge in [-0.3, -0.25) is 5.10 Å². The average molecular weight is 401 g/mol. The molecule has 0 saturated heterocycles. The fourth-order valence-corrected chi connectivity index (χ4v) is 3.15. The highest BCUT2D eigenvalue weighted by molar-refractivity contribution is 9.10. The molecule has 9 heteroatoms. The lowest BCUT2D eigenvalue weighted by Crippen LogP contribution is -2.07. The Morgan fingerprint density at radius 1 is 1.57 bits per heavy atom. The molecule has 124 valence electrons. The number of aromatic amines is 1. The van der Waals surface area contributed by atoms with Crippen LogP contribution in [0.1, 0.15) is 24.9 Å². The molecule has 0 radical (unpaired) electrons. The summed E-state index contributed by atoms with van der Waals surface area (Å²) >= 11 is 4.36. The minimum Gasteiger partial charge on any atom is -0.477 e. The molecular formula is C14H17BrN4O3S. The molecule has 0 amide bonds. The summed E-state index contributed by atoms with van der Waals surface area (Å²) in [7, 11) is 3.68. The Labute approximate surface area is 146 Å². The number of aromatic nitrogens is 3. The van der Waals surface area contributed by atoms with Crippen LogP contribution in [0.4, 0.5) is 5.88 Å². The smallest absolute Gasteiger partial charge is 0.342 e. The first-order valence-corrected chi connectivity index (χ1v) is 8.52. The zero-order chi connectivity index (χ0) is 17.0. The van der Waals surface area contributed by atoms with E-state index in [0.717, 1.165) is 34.9 Å². The molecular weight excluding hydrogens is 384 g/mol. The van der Waals surface area contributed by atoms with Crippen LogP contribution in [0.15, 0.2) is 25.0 Å². The fourth-order valence-electron chi connectivity index (χ4n) is 1.79. The Bertz CT molecular complexity index is 723. The van der Waals surface area contributed by atoms with Crippen LogP contribution >= 0.6 is 27.7 Å². The summed E-state index contributed by atoms with van der Waals surface area (Å²) in [5.41, 5.74) is 0. The van der Waals surface area contributed by atoms with Gasteiger partial charge in [-0.1, -0.05) is 6.92 Å². The molecule has 2 N–H and O–H groups in total. The number of thioether (sulfide) groups is 1. The first-order valence-electron chi connectivity index (χ1n) is 6.91. The van der Waals surface area contributed by atoms with E-state index in [1.807, 2.05) is 21.0 Å². The van der Waals surface area contributed by atoms with E-state index in [-0.39, 0.29) is 4.91 Å². The zero-order valence-electron chi connectivity index (χ0n) is 13.0. The van der Waals surface area contributed by atoms with Gasteiger partial charge in [-0.05, 0) is 34.1 Å². The van der Waals surface area contributed by atoms with E-state index in [1.54, 1.807) is 11.0 Å². The lowest BCUT2D eigenvalue weighted by Gasteiger charge is -2.07. The van der Waals surface area contributed by atoms with Gasteiger partial charge in [0, 0.05) is 32.7 Å². The number of rotatable bonds is 7. The molecule has 2 aromatic rings. The quantitative estimate of drug-likeness (QED) is 0.542. The molecule has 23 heavy (non-hydrogen) atoms. The largest absolute Gasteiger partial charge is 0.477 e. The standard InChI is InChI=1S/C14H17BrN4O3S/c1-4-5-11-16-14(18-17-11)23-10(13(20)21)7-8-6-9(15)12(22-8)19(2)3/h6-7H,4-5H2,1-3H3,(H,20,21)(H,16,17,18)/b10-7-. The van der Waals surface area contributed by atoms with Crippen LogP contribution < -0.4 is 4.90 Å². The van der Waals surface area contributed by atoms with Crippen molar-refractivity contribution in [2.45, 2.75) is 24.9 Å². The molecule has 0 bridgehead atoms. The average Bonchev–Trinajstić information content (AvgIpc) is 3.05. The molecule has 0 aliphatic carbocycles. The number of carboxylic acid groups (broad SMARTS) is 1. The zero-order valence-corrected chi connectivity index (χ0v) is 15.4. The van der Waals surface area contributed by atoms with Crippen LogP contribution in [0, 0.1) is 0 Å². The molecule has 0 unspecified atom stereocenters. The predicted molar refractivity (Wildman–Crippen MR) is 92.6 cm³/mol. The number of nitrogens with one attached hydrogen (secondary N) is 1. The van der Waals surface area contributed by atoms with Crippen LogP contribution in [-0.4, -0.2) is 40.4 Å². The highest BCUT2D eigenvalue weighted by Gasteiger charge is 2.16. The van der Waals surface area contributed by atoms with Crippen molar-refractivity contribution in [1.82, 2.24) is 15.2 Å². The maximum atomic E-state index is 11.4. The van der Waals surface area contributed by atoms with Crippen LogP contribution in [0.5, 0.6) is 0 Å². The summed E-state index contributed by atoms with van der Waals surface area (Å²) < 4.78 is 6.37. The second kappa shape index (κ2) is 7.69. The molecule has 0 aromatic carbocycles. The number of furan rings is 1. The molecule has 0 spiro atoms. The van der Waals surface area contributed by atoms with Crippen molar-refractivity contribution in [2.75, 3.05) is 19.0 Å². The van der Waals surface area contributed by atoms with E-state index in [4.69, 9.17) is 4.42 Å². The molecule has 2 aromatic heterocycles. The van der Waals surface area contributed by atoms with E-state index in [1.165, 1.54) is 6.08 Å². The third kappa shape index (κ3) is 4.61. The Balaban J connectivity index is 2.23. The first kappa shape index (κ1) is 17.6. The van der Waals surface area contributed by atoms with Crippen molar-refractivity contribution in [3.05, 3.63) is 27.0 Å². The molecule has 2 heterocycles. The second-order valence-electron chi connectivity index (χ2n) is 4.93. The molecule has 7 nitrogen and oxygen atoms in total. The van der Waals surface area contributed by atoms with Gasteiger partial charge in [0.1, 0.15) is 16.5 Å². The summed E-state index contributed by atoms with van der Waals surface area (Å²) in [6, 6.07) is 1.72. The van der Waals surface area contributed by atoms with Crippen molar-refractivity contribution >= 4 is 45.6 Å². The normalized spacial score (nSPS) is 11.7. The van der Waals surface area contributed by atoms with Gasteiger partial charge >= 0.3 is 5.97 Å². The number of carbonyl (C=O) groups is 1. The highest BCUT2D eigenvalue weighted by Crippen LogP contribution is 2.32. The predicted octanol–water partition coefficient (Wildman–Crippen LogP) is 3.40. The van der Waals surface area contributed by atoms with Crippen LogP contribution in [0.25, 0.3) is 6.08 Å². The summed E-state index contributed by atoms with van der Waals surface area (Å²) in [5.74, 6) is 0.745. The van der Waals surface area contributed by atoms with E-state index < -0.39 is 5.97 Å². The van der Waals surface area contributed by atoms with Gasteiger partial charge in [-0.15, -0.1) is 5.10 Å². The van der Waals surface area contributed by atoms with Gasteiger partial charge in [-0.2, -0.15) is 0 Å². The van der Waals surface area contributed by atoms with E-state index in [9.17, 15) is 9.90 Å². The SMILES string of the molecule is CCCc1nc(S/C(=C\c2cc(Br)c(N(C)C)o2)C(=O)O)n[nH]1. The summed E-state index contributed by atoms with van der Waals surface area (Å²) in [5, 5.41) is 16.6. The molecule has 0 atom stereocenters. The van der Waals surface area contributed by atoms with Crippen LogP contribution in [0.3, 0.4) is 0 Å². The van der Waals surface area contributed by atoms with E-state index >= 15 is 0 Å². The van der Waals surface area contributed by atoms with Crippen molar-refractivity contribution in [3.63, 3.8) is 0 Å². The van der Waals surface area contributed by atoms with Crippen molar-refractivity contribution < 1.29 is 14.3 Å². The van der Waals surface area contributed by atoms with Gasteiger partial charge in [0.15, 0.2) is 0 Å².